The lowest BCUT2D eigenvalue weighted by molar-refractivity contribution is -0.126. The van der Waals surface area contributed by atoms with Gasteiger partial charge in [0, 0.05) is 30.9 Å². The van der Waals surface area contributed by atoms with Crippen LogP contribution in [0.15, 0.2) is 12.3 Å². The Morgan fingerprint density at radius 3 is 2.60 bits per heavy atom. The van der Waals surface area contributed by atoms with Crippen molar-refractivity contribution in [3.05, 3.63) is 18.0 Å². The Balaban J connectivity index is 1.52. The third-order valence-electron chi connectivity index (χ3n) is 4.66. The minimum absolute atomic E-state index is 0.00286. The van der Waals surface area contributed by atoms with Gasteiger partial charge < -0.3 is 5.32 Å². The average Bonchev–Trinajstić information content (AvgIpc) is 3.17. The molecule has 0 radical (unpaired) electrons. The minimum atomic E-state index is 0.00286. The van der Waals surface area contributed by atoms with Crippen molar-refractivity contribution < 1.29 is 4.79 Å². The molecule has 5 nitrogen and oxygen atoms in total. The third kappa shape index (κ3) is 2.87. The highest BCUT2D eigenvalue weighted by molar-refractivity contribution is 5.81. The molecule has 1 atom stereocenters. The number of aryl methyl sites for hydroxylation is 1. The second-order valence-corrected chi connectivity index (χ2v) is 6.15. The van der Waals surface area contributed by atoms with Gasteiger partial charge in [0.15, 0.2) is 0 Å². The number of nitrogens with one attached hydrogen (secondary N) is 1. The lowest BCUT2D eigenvalue weighted by Gasteiger charge is -2.35. The molecule has 1 saturated carbocycles. The van der Waals surface area contributed by atoms with Gasteiger partial charge in [0.25, 0.3) is 0 Å². The summed E-state index contributed by atoms with van der Waals surface area (Å²) in [7, 11) is 2.01. The van der Waals surface area contributed by atoms with E-state index < -0.39 is 0 Å². The number of piperidine rings is 1. The largest absolute Gasteiger partial charge is 0.352 e. The van der Waals surface area contributed by atoms with E-state index in [9.17, 15) is 4.79 Å². The molecule has 1 amide bonds. The summed E-state index contributed by atoms with van der Waals surface area (Å²) < 4.78 is 1.98. The number of hydrogen-bond acceptors (Lipinski definition) is 3. The van der Waals surface area contributed by atoms with Crippen molar-refractivity contribution >= 4 is 5.91 Å². The zero-order valence-corrected chi connectivity index (χ0v) is 12.4. The van der Waals surface area contributed by atoms with Crippen molar-refractivity contribution in [2.45, 2.75) is 50.6 Å². The van der Waals surface area contributed by atoms with Gasteiger partial charge in [-0.05, 0) is 51.8 Å². The Hall–Kier alpha value is -1.36. The number of amides is 1. The molecule has 0 unspecified atom stereocenters. The second kappa shape index (κ2) is 5.56. The number of rotatable bonds is 4. The fourth-order valence-electron chi connectivity index (χ4n) is 3.08. The van der Waals surface area contributed by atoms with Gasteiger partial charge in [-0.1, -0.05) is 0 Å². The summed E-state index contributed by atoms with van der Waals surface area (Å²) in [4.78, 5) is 14.4. The van der Waals surface area contributed by atoms with E-state index in [-0.39, 0.29) is 11.9 Å². The maximum Gasteiger partial charge on any atom is 0.237 e. The van der Waals surface area contributed by atoms with E-state index >= 15 is 0 Å². The summed E-state index contributed by atoms with van der Waals surface area (Å²) in [6.07, 6.45) is 6.40. The minimum Gasteiger partial charge on any atom is -0.352 e. The fourth-order valence-corrected chi connectivity index (χ4v) is 3.08. The zero-order valence-electron chi connectivity index (χ0n) is 12.4. The summed E-state index contributed by atoms with van der Waals surface area (Å²) in [5.74, 6) is 0.781. The maximum absolute atomic E-state index is 12.1. The Bertz CT molecular complexity index is 472. The van der Waals surface area contributed by atoms with Crippen molar-refractivity contribution in [2.75, 3.05) is 13.1 Å². The van der Waals surface area contributed by atoms with Gasteiger partial charge in [-0.15, -0.1) is 0 Å². The molecule has 5 heteroatoms. The van der Waals surface area contributed by atoms with E-state index in [1.54, 1.807) is 0 Å². The van der Waals surface area contributed by atoms with Crippen LogP contribution in [0.25, 0.3) is 0 Å². The van der Waals surface area contributed by atoms with Gasteiger partial charge in [0.2, 0.25) is 5.91 Å². The molecule has 2 fully saturated rings. The lowest BCUT2D eigenvalue weighted by Crippen LogP contribution is -2.48. The first-order valence-electron chi connectivity index (χ1n) is 7.67. The van der Waals surface area contributed by atoms with Crippen molar-refractivity contribution in [1.82, 2.24) is 20.0 Å². The number of carbonyl (C=O) groups is 1. The Morgan fingerprint density at radius 1 is 1.35 bits per heavy atom. The zero-order chi connectivity index (χ0) is 14.1. The normalized spacial score (nSPS) is 22.7. The van der Waals surface area contributed by atoms with E-state index in [4.69, 9.17) is 0 Å². The van der Waals surface area contributed by atoms with E-state index in [1.165, 1.54) is 5.69 Å². The van der Waals surface area contributed by atoms with Crippen LogP contribution in [0.3, 0.4) is 0 Å². The van der Waals surface area contributed by atoms with Crippen LogP contribution >= 0.6 is 0 Å². The van der Waals surface area contributed by atoms with Crippen LogP contribution in [-0.4, -0.2) is 45.8 Å². The molecular weight excluding hydrogens is 252 g/mol. The molecule has 0 bridgehead atoms. The van der Waals surface area contributed by atoms with Crippen LogP contribution in [0.1, 0.15) is 44.2 Å². The van der Waals surface area contributed by atoms with E-state index in [0.717, 1.165) is 38.8 Å². The molecule has 20 heavy (non-hydrogen) atoms. The lowest BCUT2D eigenvalue weighted by atomic mass is 9.92. The highest BCUT2D eigenvalue weighted by Crippen LogP contribution is 2.28. The molecule has 1 aliphatic carbocycles. The van der Waals surface area contributed by atoms with Gasteiger partial charge in [-0.25, -0.2) is 0 Å². The molecule has 1 saturated heterocycles. The van der Waals surface area contributed by atoms with E-state index in [0.29, 0.717) is 12.0 Å². The molecule has 2 aliphatic rings. The fraction of sp³-hybridized carbons (Fsp3) is 0.733. The van der Waals surface area contributed by atoms with Crippen molar-refractivity contribution in [3.8, 4) is 0 Å². The first kappa shape index (κ1) is 13.6. The van der Waals surface area contributed by atoms with Crippen molar-refractivity contribution in [1.29, 1.82) is 0 Å². The predicted octanol–water partition coefficient (Wildman–Crippen LogP) is 1.27. The molecule has 0 aromatic carbocycles. The summed E-state index contributed by atoms with van der Waals surface area (Å²) in [6, 6.07) is 2.57. The number of nitrogens with zero attached hydrogens (tertiary/aromatic N) is 3. The van der Waals surface area contributed by atoms with Gasteiger partial charge in [0.05, 0.1) is 6.04 Å². The Kier molecular flexibility index (Phi) is 3.78. The first-order valence-corrected chi connectivity index (χ1v) is 7.67. The summed E-state index contributed by atoms with van der Waals surface area (Å²) in [5, 5.41) is 7.36. The summed E-state index contributed by atoms with van der Waals surface area (Å²) >= 11 is 0. The third-order valence-corrected chi connectivity index (χ3v) is 4.66. The van der Waals surface area contributed by atoms with E-state index in [2.05, 4.69) is 21.4 Å². The van der Waals surface area contributed by atoms with Crippen LogP contribution in [0.4, 0.5) is 0 Å². The molecule has 1 N–H and O–H groups in total. The standard InChI is InChI=1S/C15H24N4O/c1-11(15(20)17-13-3-4-13)19-9-6-12(7-10-19)14-5-8-16-18(14)2/h5,8,11-13H,3-4,6-7,9-10H2,1-2H3,(H,17,20)/t11-/m0/s1. The monoisotopic (exact) mass is 276 g/mol. The van der Waals surface area contributed by atoms with Gasteiger partial charge in [0.1, 0.15) is 0 Å². The first-order chi connectivity index (χ1) is 9.65. The molecule has 1 aromatic heterocycles. The highest BCUT2D eigenvalue weighted by Gasteiger charge is 2.31. The topological polar surface area (TPSA) is 50.2 Å². The molecule has 1 aromatic rings. The van der Waals surface area contributed by atoms with Gasteiger partial charge in [-0.3, -0.25) is 14.4 Å². The summed E-state index contributed by atoms with van der Waals surface area (Å²) in [5.41, 5.74) is 1.32. The number of aromatic nitrogens is 2. The summed E-state index contributed by atoms with van der Waals surface area (Å²) in [6.45, 7) is 4.02. The van der Waals surface area contributed by atoms with Crippen LogP contribution in [0.5, 0.6) is 0 Å². The van der Waals surface area contributed by atoms with Crippen molar-refractivity contribution in [3.63, 3.8) is 0 Å². The van der Waals surface area contributed by atoms with Crippen LogP contribution in [0, 0.1) is 0 Å². The second-order valence-electron chi connectivity index (χ2n) is 6.15. The average molecular weight is 276 g/mol. The Morgan fingerprint density at radius 2 is 2.05 bits per heavy atom. The molecule has 0 spiro atoms. The van der Waals surface area contributed by atoms with Crippen LogP contribution in [-0.2, 0) is 11.8 Å². The van der Waals surface area contributed by atoms with E-state index in [1.807, 2.05) is 24.9 Å². The number of hydrogen-bond donors (Lipinski definition) is 1. The molecule has 110 valence electrons. The molecule has 2 heterocycles. The van der Waals surface area contributed by atoms with Crippen LogP contribution < -0.4 is 5.32 Å². The quantitative estimate of drug-likeness (QED) is 0.901. The molecular formula is C15H24N4O. The molecule has 3 rings (SSSR count). The molecule has 1 aliphatic heterocycles. The van der Waals surface area contributed by atoms with Crippen molar-refractivity contribution in [2.24, 2.45) is 7.05 Å². The van der Waals surface area contributed by atoms with Gasteiger partial charge in [-0.2, -0.15) is 5.10 Å². The maximum atomic E-state index is 12.1. The smallest absolute Gasteiger partial charge is 0.237 e. The predicted molar refractivity (Wildman–Crippen MR) is 77.4 cm³/mol. The number of carbonyl (C=O) groups excluding carboxylic acids is 1. The SMILES string of the molecule is C[C@@H](C(=O)NC1CC1)N1CCC(c2ccnn2C)CC1. The van der Waals surface area contributed by atoms with Crippen LogP contribution in [0.2, 0.25) is 0 Å². The number of likely N-dealkylation sites (tertiary alicyclic amines) is 1. The highest BCUT2D eigenvalue weighted by atomic mass is 16.2. The van der Waals surface area contributed by atoms with Gasteiger partial charge >= 0.3 is 0 Å². The Labute approximate surface area is 120 Å².